The third-order valence-corrected chi connectivity index (χ3v) is 2.51. The van der Waals surface area contributed by atoms with E-state index in [9.17, 15) is 0 Å². The molecule has 0 amide bonds. The summed E-state index contributed by atoms with van der Waals surface area (Å²) in [4.78, 5) is 8.08. The molecule has 0 spiro atoms. The highest BCUT2D eigenvalue weighted by atomic mass is 16.5. The van der Waals surface area contributed by atoms with E-state index in [1.807, 2.05) is 24.3 Å². The SMILES string of the molecule is COCCOc1ccc(Nc2ncc(N)c(N)n2)cc1. The number of benzene rings is 1. The Kier molecular flexibility index (Phi) is 4.56. The van der Waals surface area contributed by atoms with Crippen molar-refractivity contribution in [3.63, 3.8) is 0 Å². The fourth-order valence-electron chi connectivity index (χ4n) is 1.47. The van der Waals surface area contributed by atoms with Crippen molar-refractivity contribution in [2.45, 2.75) is 0 Å². The number of anilines is 4. The Bertz CT molecular complexity index is 559. The second kappa shape index (κ2) is 6.58. The first-order chi connectivity index (χ1) is 9.69. The quantitative estimate of drug-likeness (QED) is 0.684. The van der Waals surface area contributed by atoms with Crippen molar-refractivity contribution in [2.75, 3.05) is 37.1 Å². The summed E-state index contributed by atoms with van der Waals surface area (Å²) in [6, 6.07) is 7.41. The summed E-state index contributed by atoms with van der Waals surface area (Å²) in [5, 5.41) is 3.03. The Balaban J connectivity index is 1.97. The molecule has 0 atom stereocenters. The van der Waals surface area contributed by atoms with Gasteiger partial charge >= 0.3 is 0 Å². The van der Waals surface area contributed by atoms with Crippen LogP contribution < -0.4 is 21.5 Å². The average molecular weight is 275 g/mol. The summed E-state index contributed by atoms with van der Waals surface area (Å²) in [6.45, 7) is 1.07. The number of hydrogen-bond donors (Lipinski definition) is 3. The second-order valence-corrected chi connectivity index (χ2v) is 4.02. The van der Waals surface area contributed by atoms with E-state index in [1.165, 1.54) is 6.20 Å². The van der Waals surface area contributed by atoms with Crippen LogP contribution in [0.5, 0.6) is 5.75 Å². The molecule has 0 saturated carbocycles. The van der Waals surface area contributed by atoms with Crippen molar-refractivity contribution in [2.24, 2.45) is 0 Å². The first-order valence-corrected chi connectivity index (χ1v) is 6.06. The maximum absolute atomic E-state index is 5.62. The monoisotopic (exact) mass is 275 g/mol. The summed E-state index contributed by atoms with van der Waals surface area (Å²) in [5.41, 5.74) is 12.4. The van der Waals surface area contributed by atoms with E-state index in [2.05, 4.69) is 15.3 Å². The molecule has 0 aliphatic rings. The van der Waals surface area contributed by atoms with Gasteiger partial charge in [-0.1, -0.05) is 0 Å². The van der Waals surface area contributed by atoms with E-state index in [0.29, 0.717) is 24.8 Å². The lowest BCUT2D eigenvalue weighted by atomic mass is 10.3. The van der Waals surface area contributed by atoms with Gasteiger partial charge in [0.25, 0.3) is 0 Å². The molecule has 5 N–H and O–H groups in total. The van der Waals surface area contributed by atoms with Gasteiger partial charge in [-0.3, -0.25) is 0 Å². The van der Waals surface area contributed by atoms with Crippen molar-refractivity contribution >= 4 is 23.1 Å². The summed E-state index contributed by atoms with van der Waals surface area (Å²) in [6.07, 6.45) is 1.47. The van der Waals surface area contributed by atoms with E-state index in [1.54, 1.807) is 7.11 Å². The van der Waals surface area contributed by atoms with Gasteiger partial charge in [-0.05, 0) is 24.3 Å². The zero-order valence-electron chi connectivity index (χ0n) is 11.2. The Morgan fingerprint density at radius 2 is 1.90 bits per heavy atom. The minimum absolute atomic E-state index is 0.252. The molecule has 20 heavy (non-hydrogen) atoms. The minimum Gasteiger partial charge on any atom is -0.491 e. The van der Waals surface area contributed by atoms with Crippen LogP contribution in [-0.2, 0) is 4.74 Å². The number of rotatable bonds is 6. The minimum atomic E-state index is 0.252. The van der Waals surface area contributed by atoms with Crippen molar-refractivity contribution in [3.8, 4) is 5.75 Å². The molecule has 2 aromatic rings. The van der Waals surface area contributed by atoms with Crippen LogP contribution in [0.4, 0.5) is 23.1 Å². The van der Waals surface area contributed by atoms with Crippen LogP contribution in [0.15, 0.2) is 30.5 Å². The summed E-state index contributed by atoms with van der Waals surface area (Å²) >= 11 is 0. The van der Waals surface area contributed by atoms with Gasteiger partial charge in [0, 0.05) is 12.8 Å². The number of ether oxygens (including phenoxy) is 2. The molecule has 0 bridgehead atoms. The topological polar surface area (TPSA) is 108 Å². The molecule has 0 aliphatic heterocycles. The lowest BCUT2D eigenvalue weighted by Gasteiger charge is -2.08. The Morgan fingerprint density at radius 3 is 2.55 bits per heavy atom. The number of nitrogens with two attached hydrogens (primary N) is 2. The van der Waals surface area contributed by atoms with E-state index in [0.717, 1.165) is 11.4 Å². The predicted molar refractivity (Wildman–Crippen MR) is 78.0 cm³/mol. The number of nitrogen functional groups attached to an aromatic ring is 2. The Morgan fingerprint density at radius 1 is 1.15 bits per heavy atom. The highest BCUT2D eigenvalue weighted by molar-refractivity contribution is 5.61. The zero-order chi connectivity index (χ0) is 14.4. The first-order valence-electron chi connectivity index (χ1n) is 6.06. The van der Waals surface area contributed by atoms with E-state index < -0.39 is 0 Å². The van der Waals surface area contributed by atoms with Gasteiger partial charge in [-0.2, -0.15) is 4.98 Å². The summed E-state index contributed by atoms with van der Waals surface area (Å²) in [7, 11) is 1.63. The second-order valence-electron chi connectivity index (χ2n) is 4.02. The summed E-state index contributed by atoms with van der Waals surface area (Å²) < 4.78 is 10.4. The molecule has 0 saturated heterocycles. The smallest absolute Gasteiger partial charge is 0.229 e. The van der Waals surface area contributed by atoms with Gasteiger partial charge < -0.3 is 26.3 Å². The largest absolute Gasteiger partial charge is 0.491 e. The molecule has 0 unspecified atom stereocenters. The van der Waals surface area contributed by atoms with Crippen molar-refractivity contribution in [1.29, 1.82) is 0 Å². The molecule has 7 heteroatoms. The van der Waals surface area contributed by atoms with E-state index >= 15 is 0 Å². The molecule has 1 heterocycles. The molecule has 7 nitrogen and oxygen atoms in total. The van der Waals surface area contributed by atoms with Crippen LogP contribution in [0.25, 0.3) is 0 Å². The molecule has 0 radical (unpaired) electrons. The van der Waals surface area contributed by atoms with Gasteiger partial charge in [0.1, 0.15) is 12.4 Å². The molecule has 1 aromatic heterocycles. The van der Waals surface area contributed by atoms with Crippen molar-refractivity contribution < 1.29 is 9.47 Å². The predicted octanol–water partition coefficient (Wildman–Crippen LogP) is 1.41. The van der Waals surface area contributed by atoms with Crippen LogP contribution in [0, 0.1) is 0 Å². The van der Waals surface area contributed by atoms with E-state index in [4.69, 9.17) is 20.9 Å². The lowest BCUT2D eigenvalue weighted by Crippen LogP contribution is -2.05. The standard InChI is InChI=1S/C13H17N5O2/c1-19-6-7-20-10-4-2-9(3-5-10)17-13-16-8-11(14)12(15)18-13/h2-5,8H,6-7,14H2,1H3,(H3,15,16,17,18). The Hall–Kier alpha value is -2.54. The van der Waals surface area contributed by atoms with Crippen molar-refractivity contribution in [3.05, 3.63) is 30.5 Å². The van der Waals surface area contributed by atoms with Crippen LogP contribution >= 0.6 is 0 Å². The highest BCUT2D eigenvalue weighted by Gasteiger charge is 2.02. The van der Waals surface area contributed by atoms with Crippen LogP contribution in [0.1, 0.15) is 0 Å². The third kappa shape index (κ3) is 3.72. The fraction of sp³-hybridized carbons (Fsp3) is 0.231. The zero-order valence-corrected chi connectivity index (χ0v) is 11.2. The number of nitrogens with one attached hydrogen (secondary N) is 1. The molecular formula is C13H17N5O2. The normalized spacial score (nSPS) is 10.2. The molecule has 106 valence electrons. The fourth-order valence-corrected chi connectivity index (χ4v) is 1.47. The van der Waals surface area contributed by atoms with Crippen LogP contribution in [-0.4, -0.2) is 30.3 Å². The van der Waals surface area contributed by atoms with Gasteiger partial charge in [0.2, 0.25) is 5.95 Å². The van der Waals surface area contributed by atoms with E-state index in [-0.39, 0.29) is 5.82 Å². The lowest BCUT2D eigenvalue weighted by molar-refractivity contribution is 0.146. The van der Waals surface area contributed by atoms with Crippen molar-refractivity contribution in [1.82, 2.24) is 9.97 Å². The number of nitrogens with zero attached hydrogens (tertiary/aromatic N) is 2. The molecule has 1 aromatic carbocycles. The highest BCUT2D eigenvalue weighted by Crippen LogP contribution is 2.19. The van der Waals surface area contributed by atoms with Gasteiger partial charge in [0.15, 0.2) is 5.82 Å². The molecular weight excluding hydrogens is 258 g/mol. The van der Waals surface area contributed by atoms with Gasteiger partial charge in [-0.25, -0.2) is 4.98 Å². The molecule has 2 rings (SSSR count). The maximum atomic E-state index is 5.62. The number of aromatic nitrogens is 2. The molecule has 0 fully saturated rings. The van der Waals surface area contributed by atoms with Crippen LogP contribution in [0.2, 0.25) is 0 Å². The number of hydrogen-bond acceptors (Lipinski definition) is 7. The van der Waals surface area contributed by atoms with Crippen LogP contribution in [0.3, 0.4) is 0 Å². The average Bonchev–Trinajstić information content (AvgIpc) is 2.45. The first kappa shape index (κ1) is 13.9. The maximum Gasteiger partial charge on any atom is 0.229 e. The molecule has 0 aliphatic carbocycles. The Labute approximate surface area is 116 Å². The third-order valence-electron chi connectivity index (χ3n) is 2.51. The van der Waals surface area contributed by atoms with Gasteiger partial charge in [-0.15, -0.1) is 0 Å². The van der Waals surface area contributed by atoms with Gasteiger partial charge in [0.05, 0.1) is 18.5 Å². The number of methoxy groups -OCH3 is 1. The summed E-state index contributed by atoms with van der Waals surface area (Å²) in [5.74, 6) is 1.41.